The van der Waals surface area contributed by atoms with Gasteiger partial charge in [0.1, 0.15) is 12.3 Å². The number of likely N-dealkylation sites (tertiary alicyclic amines) is 1. The Kier molecular flexibility index (Phi) is 7.75. The van der Waals surface area contributed by atoms with E-state index in [1.165, 1.54) is 18.4 Å². The van der Waals surface area contributed by atoms with E-state index >= 15 is 0 Å². The molecule has 1 aromatic rings. The van der Waals surface area contributed by atoms with Crippen LogP contribution in [-0.4, -0.2) is 81.1 Å². The molecule has 1 aliphatic carbocycles. The minimum Gasteiger partial charge on any atom is -0.497 e. The Morgan fingerprint density at radius 3 is 2.45 bits per heavy atom. The molecule has 2 N–H and O–H groups in total. The van der Waals surface area contributed by atoms with E-state index in [2.05, 4.69) is 32.7 Å². The van der Waals surface area contributed by atoms with Crippen LogP contribution >= 0.6 is 0 Å². The number of benzene rings is 1. The van der Waals surface area contributed by atoms with E-state index in [-0.39, 0.29) is 12.5 Å². The molecule has 1 aromatic carbocycles. The van der Waals surface area contributed by atoms with Gasteiger partial charge in [0.25, 0.3) is 0 Å². The van der Waals surface area contributed by atoms with E-state index in [1.807, 2.05) is 12.1 Å². The van der Waals surface area contributed by atoms with Crippen molar-refractivity contribution in [2.45, 2.75) is 44.2 Å². The molecule has 2 fully saturated rings. The second kappa shape index (κ2) is 10.5. The number of methoxy groups -OCH3 is 1. The van der Waals surface area contributed by atoms with Crippen LogP contribution in [0.5, 0.6) is 5.75 Å². The number of aliphatic imine (C=N–C) groups is 1. The summed E-state index contributed by atoms with van der Waals surface area (Å²) in [6.45, 7) is 3.22. The number of amides is 1. The summed E-state index contributed by atoms with van der Waals surface area (Å²) in [5.74, 6) is 1.61. The molecule has 7 nitrogen and oxygen atoms in total. The third kappa shape index (κ3) is 6.92. The van der Waals surface area contributed by atoms with Gasteiger partial charge in [0, 0.05) is 45.8 Å². The van der Waals surface area contributed by atoms with E-state index in [0.717, 1.165) is 56.6 Å². The van der Waals surface area contributed by atoms with Crippen LogP contribution in [0.15, 0.2) is 29.3 Å². The molecule has 160 valence electrons. The second-order valence-corrected chi connectivity index (χ2v) is 8.16. The van der Waals surface area contributed by atoms with E-state index in [4.69, 9.17) is 4.74 Å². The number of hydrogen-bond donors (Lipinski definition) is 2. The number of rotatable bonds is 8. The lowest BCUT2D eigenvalue weighted by Gasteiger charge is -2.33. The predicted octanol–water partition coefficient (Wildman–Crippen LogP) is 1.49. The molecular weight excluding hydrogens is 366 g/mol. The van der Waals surface area contributed by atoms with Crippen LogP contribution in [-0.2, 0) is 11.2 Å². The summed E-state index contributed by atoms with van der Waals surface area (Å²) in [7, 11) is 5.19. The molecule has 3 rings (SSSR count). The van der Waals surface area contributed by atoms with Gasteiger partial charge in [-0.15, -0.1) is 0 Å². The van der Waals surface area contributed by atoms with Gasteiger partial charge in [0.15, 0.2) is 5.96 Å². The highest BCUT2D eigenvalue weighted by molar-refractivity contribution is 5.84. The maximum atomic E-state index is 12.0. The maximum Gasteiger partial charge on any atom is 0.243 e. The first kappa shape index (κ1) is 21.4. The number of nitrogens with zero attached hydrogens (tertiary/aromatic N) is 3. The highest BCUT2D eigenvalue weighted by Crippen LogP contribution is 2.29. The highest BCUT2D eigenvalue weighted by Gasteiger charge is 2.31. The van der Waals surface area contributed by atoms with E-state index in [0.29, 0.717) is 6.04 Å². The number of ether oxygens (including phenoxy) is 1. The molecule has 1 amide bonds. The fraction of sp³-hybridized carbons (Fsp3) is 0.636. The van der Waals surface area contributed by atoms with Crippen LogP contribution in [0.3, 0.4) is 0 Å². The molecule has 1 heterocycles. The molecule has 0 atom stereocenters. The summed E-state index contributed by atoms with van der Waals surface area (Å²) >= 11 is 0. The van der Waals surface area contributed by atoms with Gasteiger partial charge in [-0.2, -0.15) is 0 Å². The van der Waals surface area contributed by atoms with Gasteiger partial charge in [-0.1, -0.05) is 12.1 Å². The van der Waals surface area contributed by atoms with Crippen LogP contribution < -0.4 is 15.4 Å². The molecular formula is C22H35N5O2. The summed E-state index contributed by atoms with van der Waals surface area (Å²) < 4.78 is 5.21. The standard InChI is InChI=1S/C22H35N5O2/c1-26(2)21(28)16-24-22(23-13-10-17-4-8-20(29-3)9-5-17)25-18-11-14-27(15-12-18)19-6-7-19/h4-5,8-9,18-19H,6-7,10-16H2,1-3H3,(H2,23,24,25). The lowest BCUT2D eigenvalue weighted by Crippen LogP contribution is -2.49. The lowest BCUT2D eigenvalue weighted by atomic mass is 10.1. The molecule has 1 aliphatic heterocycles. The van der Waals surface area contributed by atoms with Crippen molar-refractivity contribution < 1.29 is 9.53 Å². The first-order valence-electron chi connectivity index (χ1n) is 10.7. The molecule has 2 aliphatic rings. The molecule has 0 spiro atoms. The van der Waals surface area contributed by atoms with Gasteiger partial charge in [0.05, 0.1) is 7.11 Å². The van der Waals surface area contributed by atoms with Crippen molar-refractivity contribution >= 4 is 11.9 Å². The van der Waals surface area contributed by atoms with Gasteiger partial charge >= 0.3 is 0 Å². The van der Waals surface area contributed by atoms with Gasteiger partial charge in [-0.25, -0.2) is 4.99 Å². The normalized spacial score (nSPS) is 18.4. The molecule has 0 unspecified atom stereocenters. The van der Waals surface area contributed by atoms with Crippen molar-refractivity contribution in [3.8, 4) is 5.75 Å². The summed E-state index contributed by atoms with van der Waals surface area (Å²) in [6, 6.07) is 9.36. The Morgan fingerprint density at radius 2 is 1.86 bits per heavy atom. The third-order valence-electron chi connectivity index (χ3n) is 5.67. The van der Waals surface area contributed by atoms with E-state index in [9.17, 15) is 4.79 Å². The SMILES string of the molecule is COc1ccc(CCNC(=NCC(=O)N(C)C)NC2CCN(C3CC3)CC2)cc1. The monoisotopic (exact) mass is 401 g/mol. The zero-order valence-electron chi connectivity index (χ0n) is 18.0. The molecule has 0 bridgehead atoms. The molecule has 0 radical (unpaired) electrons. The van der Waals surface area contributed by atoms with Crippen LogP contribution in [0.1, 0.15) is 31.2 Å². The highest BCUT2D eigenvalue weighted by atomic mass is 16.5. The third-order valence-corrected chi connectivity index (χ3v) is 5.67. The Balaban J connectivity index is 1.50. The minimum absolute atomic E-state index is 0.00445. The summed E-state index contributed by atoms with van der Waals surface area (Å²) in [5.41, 5.74) is 1.24. The van der Waals surface area contributed by atoms with Crippen molar-refractivity contribution in [3.63, 3.8) is 0 Å². The average molecular weight is 402 g/mol. The van der Waals surface area contributed by atoms with Crippen molar-refractivity contribution in [2.75, 3.05) is 47.4 Å². The second-order valence-electron chi connectivity index (χ2n) is 8.16. The lowest BCUT2D eigenvalue weighted by molar-refractivity contribution is -0.127. The first-order chi connectivity index (χ1) is 14.0. The van der Waals surface area contributed by atoms with Crippen molar-refractivity contribution in [1.29, 1.82) is 0 Å². The van der Waals surface area contributed by atoms with Gasteiger partial charge in [-0.05, 0) is 49.8 Å². The smallest absolute Gasteiger partial charge is 0.243 e. The number of guanidine groups is 1. The topological polar surface area (TPSA) is 69.2 Å². The zero-order chi connectivity index (χ0) is 20.6. The summed E-state index contributed by atoms with van der Waals surface area (Å²) in [6.07, 6.45) is 5.86. The molecule has 7 heteroatoms. The van der Waals surface area contributed by atoms with Crippen LogP contribution in [0, 0.1) is 0 Å². The largest absolute Gasteiger partial charge is 0.497 e. The number of nitrogens with one attached hydrogen (secondary N) is 2. The number of hydrogen-bond acceptors (Lipinski definition) is 4. The quantitative estimate of drug-likeness (QED) is 0.510. The Labute approximate surface area is 174 Å². The van der Waals surface area contributed by atoms with Crippen molar-refractivity contribution in [2.24, 2.45) is 4.99 Å². The van der Waals surface area contributed by atoms with Crippen molar-refractivity contribution in [1.82, 2.24) is 20.4 Å². The fourth-order valence-corrected chi connectivity index (χ4v) is 3.60. The minimum atomic E-state index is 0.00445. The van der Waals surface area contributed by atoms with Crippen molar-refractivity contribution in [3.05, 3.63) is 29.8 Å². The van der Waals surface area contributed by atoms with Crippen LogP contribution in [0.2, 0.25) is 0 Å². The average Bonchev–Trinajstić information content (AvgIpc) is 3.58. The zero-order valence-corrected chi connectivity index (χ0v) is 18.0. The summed E-state index contributed by atoms with van der Waals surface area (Å²) in [4.78, 5) is 20.7. The number of likely N-dealkylation sites (N-methyl/N-ethyl adjacent to an activating group) is 1. The van der Waals surface area contributed by atoms with Gasteiger partial charge in [0.2, 0.25) is 5.91 Å². The number of carbonyl (C=O) groups is 1. The number of carbonyl (C=O) groups excluding carboxylic acids is 1. The van der Waals surface area contributed by atoms with Crippen LogP contribution in [0.25, 0.3) is 0 Å². The first-order valence-corrected chi connectivity index (χ1v) is 10.7. The molecule has 29 heavy (non-hydrogen) atoms. The van der Waals surface area contributed by atoms with E-state index in [1.54, 1.807) is 26.1 Å². The van der Waals surface area contributed by atoms with Gasteiger partial charge in [-0.3, -0.25) is 4.79 Å². The summed E-state index contributed by atoms with van der Waals surface area (Å²) in [5, 5.41) is 6.96. The Hall–Kier alpha value is -2.28. The van der Waals surface area contributed by atoms with E-state index < -0.39 is 0 Å². The maximum absolute atomic E-state index is 12.0. The predicted molar refractivity (Wildman–Crippen MR) is 116 cm³/mol. The van der Waals surface area contributed by atoms with Gasteiger partial charge < -0.3 is 25.2 Å². The Morgan fingerprint density at radius 1 is 1.17 bits per heavy atom. The fourth-order valence-electron chi connectivity index (χ4n) is 3.60. The number of piperidine rings is 1. The molecule has 1 saturated heterocycles. The van der Waals surface area contributed by atoms with Crippen LogP contribution in [0.4, 0.5) is 0 Å². The molecule has 0 aromatic heterocycles. The Bertz CT molecular complexity index is 677. The molecule has 1 saturated carbocycles.